The number of thioether (sulfide) groups is 1. The number of carbonyl (C=O) groups is 1. The van der Waals surface area contributed by atoms with Crippen LogP contribution in [-0.2, 0) is 18.4 Å². The molecule has 0 unspecified atom stereocenters. The number of carbonyl (C=O) groups excluding carboxylic acids is 1. The van der Waals surface area contributed by atoms with Crippen molar-refractivity contribution in [1.29, 1.82) is 0 Å². The Morgan fingerprint density at radius 1 is 1.17 bits per heavy atom. The highest BCUT2D eigenvalue weighted by molar-refractivity contribution is 7.99. The van der Waals surface area contributed by atoms with Crippen molar-refractivity contribution in [1.82, 2.24) is 14.8 Å². The first-order valence-electron chi connectivity index (χ1n) is 8.80. The predicted molar refractivity (Wildman–Crippen MR) is 117 cm³/mol. The summed E-state index contributed by atoms with van der Waals surface area (Å²) in [6.45, 7) is 4.35. The number of amides is 1. The molecule has 9 heteroatoms. The molecule has 0 aliphatic rings. The lowest BCUT2D eigenvalue weighted by molar-refractivity contribution is -0.113. The van der Waals surface area contributed by atoms with Gasteiger partial charge in [0.05, 0.1) is 21.5 Å². The van der Waals surface area contributed by atoms with Crippen LogP contribution in [0.1, 0.15) is 17.0 Å². The Balaban J connectivity index is 1.57. The zero-order chi connectivity index (χ0) is 21.0. The lowest BCUT2D eigenvalue weighted by Gasteiger charge is -2.10. The molecule has 1 amide bonds. The van der Waals surface area contributed by atoms with Gasteiger partial charge in [-0.2, -0.15) is 0 Å². The zero-order valence-corrected chi connectivity index (χ0v) is 18.5. The van der Waals surface area contributed by atoms with Crippen LogP contribution in [0.5, 0.6) is 5.75 Å². The predicted octanol–water partition coefficient (Wildman–Crippen LogP) is 5.05. The topological polar surface area (TPSA) is 69.0 Å². The molecular weight excluding hydrogens is 431 g/mol. The van der Waals surface area contributed by atoms with Gasteiger partial charge in [-0.15, -0.1) is 10.2 Å². The molecule has 0 bridgehead atoms. The molecule has 3 aromatic rings. The normalized spacial score (nSPS) is 10.8. The lowest BCUT2D eigenvalue weighted by atomic mass is 10.1. The van der Waals surface area contributed by atoms with Crippen LogP contribution in [0, 0.1) is 13.8 Å². The van der Waals surface area contributed by atoms with Crippen LogP contribution >= 0.6 is 35.0 Å². The van der Waals surface area contributed by atoms with Crippen LogP contribution < -0.4 is 10.1 Å². The average molecular weight is 451 g/mol. The van der Waals surface area contributed by atoms with Crippen LogP contribution in [-0.4, -0.2) is 26.4 Å². The highest BCUT2D eigenvalue weighted by Gasteiger charge is 2.14. The number of anilines is 1. The Morgan fingerprint density at radius 3 is 2.72 bits per heavy atom. The average Bonchev–Trinajstić information content (AvgIpc) is 3.05. The van der Waals surface area contributed by atoms with Gasteiger partial charge in [-0.3, -0.25) is 4.79 Å². The van der Waals surface area contributed by atoms with Gasteiger partial charge >= 0.3 is 0 Å². The molecule has 152 valence electrons. The molecule has 1 N–H and O–H groups in total. The lowest BCUT2D eigenvalue weighted by Crippen LogP contribution is -2.15. The van der Waals surface area contributed by atoms with E-state index in [2.05, 4.69) is 15.5 Å². The SMILES string of the molecule is Cc1cccc(OCc2nnc(SCC(=O)Nc3cccc(Cl)c3Cl)n2C)c1C. The van der Waals surface area contributed by atoms with E-state index in [-0.39, 0.29) is 11.7 Å². The van der Waals surface area contributed by atoms with E-state index in [4.69, 9.17) is 27.9 Å². The molecule has 1 aromatic heterocycles. The summed E-state index contributed by atoms with van der Waals surface area (Å²) >= 11 is 13.3. The summed E-state index contributed by atoms with van der Waals surface area (Å²) in [6.07, 6.45) is 0. The molecule has 0 aliphatic carbocycles. The fourth-order valence-electron chi connectivity index (χ4n) is 2.54. The Hall–Kier alpha value is -2.22. The van der Waals surface area contributed by atoms with Gasteiger partial charge in [0.1, 0.15) is 12.4 Å². The maximum absolute atomic E-state index is 12.2. The molecule has 0 atom stereocenters. The molecule has 0 radical (unpaired) electrons. The molecule has 0 fully saturated rings. The van der Waals surface area contributed by atoms with E-state index in [1.165, 1.54) is 17.3 Å². The number of aryl methyl sites for hydroxylation is 1. The number of ether oxygens (including phenoxy) is 1. The quantitative estimate of drug-likeness (QED) is 0.510. The number of halogens is 2. The number of aromatic nitrogens is 3. The van der Waals surface area contributed by atoms with Crippen molar-refractivity contribution in [3.8, 4) is 5.75 Å². The van der Waals surface area contributed by atoms with Gasteiger partial charge < -0.3 is 14.6 Å². The van der Waals surface area contributed by atoms with Crippen LogP contribution in [0.15, 0.2) is 41.6 Å². The van der Waals surface area contributed by atoms with E-state index in [1.54, 1.807) is 18.2 Å². The third-order valence-corrected chi connectivity index (χ3v) is 6.23. The van der Waals surface area contributed by atoms with Crippen LogP contribution in [0.2, 0.25) is 10.0 Å². The van der Waals surface area contributed by atoms with Crippen molar-refractivity contribution in [3.63, 3.8) is 0 Å². The first kappa shape index (κ1) is 21.5. The molecule has 3 rings (SSSR count). The van der Waals surface area contributed by atoms with Crippen LogP contribution in [0.3, 0.4) is 0 Å². The summed E-state index contributed by atoms with van der Waals surface area (Å²) in [6, 6.07) is 11.0. The van der Waals surface area contributed by atoms with E-state index in [9.17, 15) is 4.79 Å². The number of hydrogen-bond acceptors (Lipinski definition) is 5. The third kappa shape index (κ3) is 5.23. The molecule has 2 aromatic carbocycles. The van der Waals surface area contributed by atoms with Crippen LogP contribution in [0.4, 0.5) is 5.69 Å². The monoisotopic (exact) mass is 450 g/mol. The maximum Gasteiger partial charge on any atom is 0.234 e. The van der Waals surface area contributed by atoms with Crippen molar-refractivity contribution < 1.29 is 9.53 Å². The van der Waals surface area contributed by atoms with Gasteiger partial charge in [0.25, 0.3) is 0 Å². The van der Waals surface area contributed by atoms with Gasteiger partial charge in [0.15, 0.2) is 11.0 Å². The van der Waals surface area contributed by atoms with Crippen molar-refractivity contribution in [3.05, 3.63) is 63.4 Å². The molecule has 29 heavy (non-hydrogen) atoms. The fourth-order valence-corrected chi connectivity index (χ4v) is 3.61. The van der Waals surface area contributed by atoms with Gasteiger partial charge in [-0.1, -0.05) is 53.2 Å². The molecule has 0 saturated heterocycles. The Morgan fingerprint density at radius 2 is 1.93 bits per heavy atom. The molecule has 0 spiro atoms. The summed E-state index contributed by atoms with van der Waals surface area (Å²) in [7, 11) is 1.84. The second-order valence-electron chi connectivity index (χ2n) is 6.38. The molecular formula is C20H20Cl2N4O2S. The van der Waals surface area contributed by atoms with Crippen molar-refractivity contribution in [2.75, 3.05) is 11.1 Å². The van der Waals surface area contributed by atoms with Crippen LogP contribution in [0.25, 0.3) is 0 Å². The zero-order valence-electron chi connectivity index (χ0n) is 16.2. The number of rotatable bonds is 7. The number of nitrogens with one attached hydrogen (secondary N) is 1. The Kier molecular flexibility index (Phi) is 7.05. The molecule has 1 heterocycles. The standard InChI is InChI=1S/C20H20Cl2N4O2S/c1-12-6-4-9-16(13(12)2)28-10-17-24-25-20(26(17)3)29-11-18(27)23-15-8-5-7-14(21)19(15)22/h4-9H,10-11H2,1-3H3,(H,23,27). The first-order valence-corrected chi connectivity index (χ1v) is 10.5. The van der Waals surface area contributed by atoms with E-state index < -0.39 is 0 Å². The summed E-state index contributed by atoms with van der Waals surface area (Å²) in [5.41, 5.74) is 2.74. The highest BCUT2D eigenvalue weighted by atomic mass is 35.5. The maximum atomic E-state index is 12.2. The number of hydrogen-bond donors (Lipinski definition) is 1. The molecule has 6 nitrogen and oxygen atoms in total. The van der Waals surface area contributed by atoms with Crippen molar-refractivity contribution in [2.24, 2.45) is 7.05 Å². The number of nitrogens with zero attached hydrogens (tertiary/aromatic N) is 3. The third-order valence-electron chi connectivity index (χ3n) is 4.39. The minimum atomic E-state index is -0.213. The van der Waals surface area contributed by atoms with E-state index >= 15 is 0 Å². The molecule has 0 aliphatic heterocycles. The highest BCUT2D eigenvalue weighted by Crippen LogP contribution is 2.29. The van der Waals surface area contributed by atoms with Gasteiger partial charge in [0.2, 0.25) is 5.91 Å². The minimum Gasteiger partial charge on any atom is -0.485 e. The Labute approximate surface area is 183 Å². The van der Waals surface area contributed by atoms with E-state index in [1.807, 2.05) is 43.7 Å². The largest absolute Gasteiger partial charge is 0.485 e. The van der Waals surface area contributed by atoms with Gasteiger partial charge in [0, 0.05) is 7.05 Å². The summed E-state index contributed by atoms with van der Waals surface area (Å²) < 4.78 is 7.70. The summed E-state index contributed by atoms with van der Waals surface area (Å²) in [5.74, 6) is 1.44. The Bertz CT molecular complexity index is 1040. The first-order chi connectivity index (χ1) is 13.9. The minimum absolute atomic E-state index is 0.159. The summed E-state index contributed by atoms with van der Waals surface area (Å²) in [5, 5.41) is 12.4. The van der Waals surface area contributed by atoms with E-state index in [0.717, 1.165) is 11.3 Å². The fraction of sp³-hybridized carbons (Fsp3) is 0.250. The second kappa shape index (κ2) is 9.52. The van der Waals surface area contributed by atoms with Gasteiger partial charge in [-0.05, 0) is 43.2 Å². The second-order valence-corrected chi connectivity index (χ2v) is 8.11. The smallest absolute Gasteiger partial charge is 0.234 e. The summed E-state index contributed by atoms with van der Waals surface area (Å²) in [4.78, 5) is 12.2. The van der Waals surface area contributed by atoms with Crippen molar-refractivity contribution in [2.45, 2.75) is 25.6 Å². The van der Waals surface area contributed by atoms with E-state index in [0.29, 0.717) is 33.3 Å². The van der Waals surface area contributed by atoms with Gasteiger partial charge in [-0.25, -0.2) is 0 Å². The van der Waals surface area contributed by atoms with Crippen molar-refractivity contribution >= 4 is 46.6 Å². The molecule has 0 saturated carbocycles. The number of benzene rings is 2.